The number of hydrogen-bond donors (Lipinski definition) is 3. The molecule has 1 saturated carbocycles. The van der Waals surface area contributed by atoms with Crippen LogP contribution in [0.2, 0.25) is 0 Å². The third kappa shape index (κ3) is 4.69. The maximum absolute atomic E-state index is 13.6. The Labute approximate surface area is 222 Å². The van der Waals surface area contributed by atoms with Gasteiger partial charge in [0.25, 0.3) is 0 Å². The fourth-order valence-corrected chi connectivity index (χ4v) is 5.61. The van der Waals surface area contributed by atoms with Crippen LogP contribution in [-0.2, 0) is 9.59 Å². The molecule has 0 spiro atoms. The number of pyridine rings is 1. The molecule has 4 N–H and O–H groups in total. The first-order valence-electron chi connectivity index (χ1n) is 12.8. The number of benzene rings is 1. The van der Waals surface area contributed by atoms with E-state index >= 15 is 0 Å². The third-order valence-corrected chi connectivity index (χ3v) is 7.64. The van der Waals surface area contributed by atoms with Crippen molar-refractivity contribution in [3.8, 4) is 11.5 Å². The highest BCUT2D eigenvalue weighted by molar-refractivity contribution is 5.99. The maximum atomic E-state index is 13.6. The Hall–Kier alpha value is -3.66. The number of para-hydroxylation sites is 1. The van der Waals surface area contributed by atoms with E-state index in [1.165, 1.54) is 4.90 Å². The first kappa shape index (κ1) is 26.0. The van der Waals surface area contributed by atoms with E-state index in [0.29, 0.717) is 23.5 Å². The van der Waals surface area contributed by atoms with Gasteiger partial charge in [-0.2, -0.15) is 0 Å². The summed E-state index contributed by atoms with van der Waals surface area (Å²) in [7, 11) is 1.55. The maximum Gasteiger partial charge on any atom is 0.232 e. The van der Waals surface area contributed by atoms with Gasteiger partial charge in [-0.25, -0.2) is 4.99 Å². The molecule has 10 heteroatoms. The number of amides is 2. The van der Waals surface area contributed by atoms with Crippen molar-refractivity contribution in [3.05, 3.63) is 53.9 Å². The quantitative estimate of drug-likeness (QED) is 0.531. The molecule has 5 rings (SSSR count). The van der Waals surface area contributed by atoms with Crippen molar-refractivity contribution in [2.45, 2.75) is 69.9 Å². The van der Waals surface area contributed by atoms with Crippen LogP contribution in [0, 0.1) is 11.8 Å². The normalized spacial score (nSPS) is 27.9. The van der Waals surface area contributed by atoms with Crippen LogP contribution < -0.4 is 20.5 Å². The fraction of sp³-hybridized carbons (Fsp3) is 0.500. The van der Waals surface area contributed by atoms with E-state index in [1.807, 2.05) is 44.2 Å². The Balaban J connectivity index is 1.44. The number of carbonyl (C=O) groups is 2. The van der Waals surface area contributed by atoms with Gasteiger partial charge in [0.15, 0.2) is 5.96 Å². The molecule has 202 valence electrons. The molecule has 3 heterocycles. The highest BCUT2D eigenvalue weighted by atomic mass is 16.5. The van der Waals surface area contributed by atoms with Crippen molar-refractivity contribution in [3.63, 3.8) is 0 Å². The summed E-state index contributed by atoms with van der Waals surface area (Å²) in [6.45, 7) is 7.32. The lowest BCUT2D eigenvalue weighted by molar-refractivity contribution is -0.132. The predicted octanol–water partition coefficient (Wildman–Crippen LogP) is 2.48. The molecule has 38 heavy (non-hydrogen) atoms. The molecule has 2 aromatic rings. The molecule has 0 saturated heterocycles. The van der Waals surface area contributed by atoms with Crippen molar-refractivity contribution in [2.24, 2.45) is 22.6 Å². The van der Waals surface area contributed by atoms with Gasteiger partial charge in [0.2, 0.25) is 11.8 Å². The van der Waals surface area contributed by atoms with Crippen LogP contribution in [0.25, 0.3) is 0 Å². The number of aliphatic imine (C=N–C) groups is 1. The summed E-state index contributed by atoms with van der Waals surface area (Å²) in [6.07, 6.45) is 3.04. The lowest BCUT2D eigenvalue weighted by Gasteiger charge is -2.42. The average molecular weight is 522 g/mol. The number of aliphatic hydroxyl groups is 1. The van der Waals surface area contributed by atoms with Crippen LogP contribution in [0.15, 0.2) is 47.7 Å². The van der Waals surface area contributed by atoms with Crippen LogP contribution in [0.3, 0.4) is 0 Å². The van der Waals surface area contributed by atoms with Gasteiger partial charge < -0.3 is 25.6 Å². The van der Waals surface area contributed by atoms with Crippen molar-refractivity contribution in [1.82, 2.24) is 15.2 Å². The monoisotopic (exact) mass is 521 g/mol. The summed E-state index contributed by atoms with van der Waals surface area (Å²) in [4.78, 5) is 37.3. The van der Waals surface area contributed by atoms with Crippen LogP contribution >= 0.6 is 0 Å². The zero-order chi connectivity index (χ0) is 27.4. The summed E-state index contributed by atoms with van der Waals surface area (Å²) >= 11 is 0. The molecule has 0 radical (unpaired) electrons. The Morgan fingerprint density at radius 3 is 2.71 bits per heavy atom. The number of guanidine groups is 1. The van der Waals surface area contributed by atoms with Crippen molar-refractivity contribution in [2.75, 3.05) is 7.11 Å². The molecule has 3 aliphatic rings. The molecule has 0 bridgehead atoms. The summed E-state index contributed by atoms with van der Waals surface area (Å²) < 4.78 is 11.4. The summed E-state index contributed by atoms with van der Waals surface area (Å²) in [5, 5.41) is 14.1. The molecular formula is C28H35N5O5. The number of fused-ring (bicyclic) bond motifs is 1. The number of aromatic nitrogens is 1. The number of carbonyl (C=O) groups excluding carboxylic acids is 2. The number of rotatable bonds is 6. The van der Waals surface area contributed by atoms with Gasteiger partial charge in [0.05, 0.1) is 37.4 Å². The number of nitrogens with two attached hydrogens (primary N) is 1. The van der Waals surface area contributed by atoms with E-state index in [-0.39, 0.29) is 30.1 Å². The second-order valence-electron chi connectivity index (χ2n) is 11.5. The predicted molar refractivity (Wildman–Crippen MR) is 140 cm³/mol. The van der Waals surface area contributed by atoms with Crippen molar-refractivity contribution < 1.29 is 24.2 Å². The van der Waals surface area contributed by atoms with E-state index < -0.39 is 35.2 Å². The average Bonchev–Trinajstić information content (AvgIpc) is 3.64. The molecular weight excluding hydrogens is 486 g/mol. The van der Waals surface area contributed by atoms with Crippen LogP contribution in [0.5, 0.6) is 11.5 Å². The Bertz CT molecular complexity index is 1290. The van der Waals surface area contributed by atoms with Gasteiger partial charge in [-0.05, 0) is 57.7 Å². The van der Waals surface area contributed by atoms with E-state index in [0.717, 1.165) is 5.56 Å². The Morgan fingerprint density at radius 1 is 1.26 bits per heavy atom. The van der Waals surface area contributed by atoms with Crippen molar-refractivity contribution >= 4 is 17.8 Å². The Morgan fingerprint density at radius 2 is 2.00 bits per heavy atom. The number of nitrogens with one attached hydrogen (secondary N) is 1. The molecule has 10 nitrogen and oxygen atoms in total. The standard InChI is InChI=1S/C28H35N5O5/c1-27(2)12-21(34)33(26(29)32-27)23(15-10-16(37-5)14-30-13-15)18-11-19(18)25(36)31-22-17-8-6-7-9-20(17)38-28(3,4)24(22)35/h6-10,13-14,18-19,22-24,35H,11-12H2,1-5H3,(H2,29,32)(H,31,36). The number of aliphatic hydroxyl groups excluding tert-OH is 1. The molecule has 5 unspecified atom stereocenters. The first-order valence-corrected chi connectivity index (χ1v) is 12.8. The molecule has 1 aromatic heterocycles. The molecule has 1 aromatic carbocycles. The van der Waals surface area contributed by atoms with Gasteiger partial charge in [-0.3, -0.25) is 19.5 Å². The van der Waals surface area contributed by atoms with Crippen molar-refractivity contribution in [1.29, 1.82) is 0 Å². The van der Waals surface area contributed by atoms with Crippen LogP contribution in [0.4, 0.5) is 0 Å². The molecule has 5 atom stereocenters. The minimum atomic E-state index is -0.953. The van der Waals surface area contributed by atoms with Crippen LogP contribution in [0.1, 0.15) is 63.7 Å². The van der Waals surface area contributed by atoms with Gasteiger partial charge in [0.1, 0.15) is 23.2 Å². The minimum Gasteiger partial charge on any atom is -0.495 e. The molecule has 2 aliphatic heterocycles. The SMILES string of the molecule is COc1cncc(C(C2CC2C(=O)NC2c3ccccc3OC(C)(C)C2O)N2C(=O)CC(C)(C)N=C2N)c1. The number of nitrogens with zero attached hydrogens (tertiary/aromatic N) is 3. The lowest BCUT2D eigenvalue weighted by Crippen LogP contribution is -2.54. The summed E-state index contributed by atoms with van der Waals surface area (Å²) in [6, 6.07) is 8.03. The summed E-state index contributed by atoms with van der Waals surface area (Å²) in [5.74, 6) is 0.324. The van der Waals surface area contributed by atoms with Crippen LogP contribution in [-0.4, -0.2) is 57.1 Å². The second-order valence-corrected chi connectivity index (χ2v) is 11.5. The Kier molecular flexibility index (Phi) is 6.33. The lowest BCUT2D eigenvalue weighted by atomic mass is 9.86. The topological polar surface area (TPSA) is 139 Å². The molecule has 1 fully saturated rings. The first-order chi connectivity index (χ1) is 17.9. The molecule has 2 amide bonds. The second kappa shape index (κ2) is 9.27. The highest BCUT2D eigenvalue weighted by Crippen LogP contribution is 2.52. The van der Waals surface area contributed by atoms with Gasteiger partial charge >= 0.3 is 0 Å². The summed E-state index contributed by atoms with van der Waals surface area (Å²) in [5.41, 5.74) is 6.30. The minimum absolute atomic E-state index is 0.126. The fourth-order valence-electron chi connectivity index (χ4n) is 5.61. The number of ether oxygens (including phenoxy) is 2. The van der Waals surface area contributed by atoms with Gasteiger partial charge in [-0.1, -0.05) is 18.2 Å². The van der Waals surface area contributed by atoms with E-state index in [2.05, 4.69) is 15.3 Å². The zero-order valence-electron chi connectivity index (χ0n) is 22.3. The molecule has 1 aliphatic carbocycles. The number of hydrogen-bond acceptors (Lipinski definition) is 8. The highest BCUT2D eigenvalue weighted by Gasteiger charge is 2.54. The zero-order valence-corrected chi connectivity index (χ0v) is 22.3. The van der Waals surface area contributed by atoms with E-state index in [4.69, 9.17) is 15.2 Å². The van der Waals surface area contributed by atoms with Gasteiger partial charge in [0, 0.05) is 17.7 Å². The van der Waals surface area contributed by atoms with E-state index in [1.54, 1.807) is 33.4 Å². The largest absolute Gasteiger partial charge is 0.495 e. The third-order valence-electron chi connectivity index (χ3n) is 7.64. The smallest absolute Gasteiger partial charge is 0.232 e. The van der Waals surface area contributed by atoms with E-state index in [9.17, 15) is 14.7 Å². The number of methoxy groups -OCH3 is 1. The van der Waals surface area contributed by atoms with Gasteiger partial charge in [-0.15, -0.1) is 0 Å².